The summed E-state index contributed by atoms with van der Waals surface area (Å²) in [6, 6.07) is 14.6. The number of rotatable bonds is 9. The van der Waals surface area contributed by atoms with E-state index in [0.717, 1.165) is 37.8 Å². The van der Waals surface area contributed by atoms with E-state index in [-0.39, 0.29) is 30.1 Å². The number of fused-ring (bicyclic) bond motifs is 1. The summed E-state index contributed by atoms with van der Waals surface area (Å²) in [4.78, 5) is 55.6. The van der Waals surface area contributed by atoms with Crippen LogP contribution in [-0.2, 0) is 9.59 Å². The third-order valence-electron chi connectivity index (χ3n) is 8.98. The van der Waals surface area contributed by atoms with Crippen LogP contribution in [0.1, 0.15) is 70.8 Å². The van der Waals surface area contributed by atoms with Gasteiger partial charge in [0.15, 0.2) is 11.5 Å². The van der Waals surface area contributed by atoms with E-state index in [0.29, 0.717) is 54.5 Å². The van der Waals surface area contributed by atoms with Crippen molar-refractivity contribution in [3.8, 4) is 11.5 Å². The SMILES string of the molecule is O=C(O)CC(NC(=O)c1ccc(N2CCN(C(=O)c3ccc4c(c3)OCO4)CC2)c(NC(=O)C2CCCCC2)c1)c1ccc(F)cc1. The number of nitrogens with zero attached hydrogens (tertiary/aromatic N) is 2. The lowest BCUT2D eigenvalue weighted by Gasteiger charge is -2.37. The number of anilines is 2. The van der Waals surface area contributed by atoms with Gasteiger partial charge >= 0.3 is 5.97 Å². The molecule has 0 aromatic heterocycles. The second-order valence-electron chi connectivity index (χ2n) is 12.1. The van der Waals surface area contributed by atoms with Crippen molar-refractivity contribution < 1.29 is 38.1 Å². The van der Waals surface area contributed by atoms with Gasteiger partial charge in [-0.3, -0.25) is 19.2 Å². The zero-order chi connectivity index (χ0) is 32.9. The van der Waals surface area contributed by atoms with E-state index in [4.69, 9.17) is 9.47 Å². The maximum atomic E-state index is 13.5. The first-order chi connectivity index (χ1) is 22.7. The Labute approximate surface area is 271 Å². The van der Waals surface area contributed by atoms with Crippen molar-refractivity contribution in [3.05, 3.63) is 83.2 Å². The zero-order valence-electron chi connectivity index (χ0n) is 25.9. The Hall–Kier alpha value is -5.13. The van der Waals surface area contributed by atoms with Crippen molar-refractivity contribution in [1.29, 1.82) is 0 Å². The van der Waals surface area contributed by atoms with Crippen LogP contribution in [0.3, 0.4) is 0 Å². The van der Waals surface area contributed by atoms with Gasteiger partial charge in [-0.1, -0.05) is 31.4 Å². The number of nitrogens with one attached hydrogen (secondary N) is 2. The van der Waals surface area contributed by atoms with E-state index >= 15 is 0 Å². The Bertz CT molecular complexity index is 1650. The molecule has 1 aliphatic carbocycles. The number of hydrogen-bond donors (Lipinski definition) is 3. The predicted molar refractivity (Wildman–Crippen MR) is 171 cm³/mol. The topological polar surface area (TPSA) is 138 Å². The van der Waals surface area contributed by atoms with Crippen molar-refractivity contribution in [3.63, 3.8) is 0 Å². The third kappa shape index (κ3) is 7.48. The Kier molecular flexibility index (Phi) is 9.55. The largest absolute Gasteiger partial charge is 0.481 e. The summed E-state index contributed by atoms with van der Waals surface area (Å²) >= 11 is 0. The lowest BCUT2D eigenvalue weighted by Crippen LogP contribution is -2.49. The molecule has 1 saturated carbocycles. The average molecular weight is 645 g/mol. The molecule has 2 fully saturated rings. The molecular formula is C35H37FN4O7. The molecule has 3 amide bonds. The summed E-state index contributed by atoms with van der Waals surface area (Å²) in [6.45, 7) is 2.02. The molecule has 246 valence electrons. The van der Waals surface area contributed by atoms with Gasteiger partial charge in [-0.2, -0.15) is 0 Å². The van der Waals surface area contributed by atoms with E-state index in [1.807, 2.05) is 0 Å². The number of ether oxygens (including phenoxy) is 2. The highest BCUT2D eigenvalue weighted by Crippen LogP contribution is 2.34. The van der Waals surface area contributed by atoms with Crippen LogP contribution in [0.2, 0.25) is 0 Å². The van der Waals surface area contributed by atoms with Crippen molar-refractivity contribution in [1.82, 2.24) is 10.2 Å². The van der Waals surface area contributed by atoms with Crippen LogP contribution in [0.5, 0.6) is 11.5 Å². The number of carboxylic acid groups (broad SMARTS) is 1. The van der Waals surface area contributed by atoms with Crippen LogP contribution in [0, 0.1) is 11.7 Å². The highest BCUT2D eigenvalue weighted by atomic mass is 19.1. The first-order valence-electron chi connectivity index (χ1n) is 15.9. The number of aliphatic carboxylic acids is 1. The molecule has 2 aliphatic heterocycles. The summed E-state index contributed by atoms with van der Waals surface area (Å²) in [6.07, 6.45) is 4.29. The quantitative estimate of drug-likeness (QED) is 0.297. The molecule has 1 saturated heterocycles. The molecule has 47 heavy (non-hydrogen) atoms. The standard InChI is InChI=1S/C35H37FN4O7/c36-26-10-6-22(7-11-26)27(20-32(41)42)37-34(44)24-8-12-29(28(18-24)38-33(43)23-4-2-1-3-5-23)39-14-16-40(17-15-39)35(45)25-9-13-30-31(19-25)47-21-46-30/h6-13,18-19,23,27H,1-5,14-17,20-21H2,(H,37,44)(H,38,43)(H,41,42). The van der Waals surface area contributed by atoms with Gasteiger partial charge in [0.25, 0.3) is 11.8 Å². The highest BCUT2D eigenvalue weighted by Gasteiger charge is 2.28. The van der Waals surface area contributed by atoms with Crippen LogP contribution >= 0.6 is 0 Å². The molecule has 3 N–H and O–H groups in total. The monoisotopic (exact) mass is 644 g/mol. The number of carboxylic acids is 1. The minimum Gasteiger partial charge on any atom is -0.481 e. The van der Waals surface area contributed by atoms with Crippen molar-refractivity contribution in [2.45, 2.75) is 44.6 Å². The zero-order valence-corrected chi connectivity index (χ0v) is 25.9. The maximum Gasteiger partial charge on any atom is 0.305 e. The minimum atomic E-state index is -1.12. The molecule has 12 heteroatoms. The summed E-state index contributed by atoms with van der Waals surface area (Å²) in [5.41, 5.74) is 2.40. The molecule has 3 aromatic rings. The van der Waals surface area contributed by atoms with E-state index in [2.05, 4.69) is 15.5 Å². The second kappa shape index (κ2) is 14.1. The van der Waals surface area contributed by atoms with Crippen molar-refractivity contribution in [2.75, 3.05) is 43.2 Å². The normalized spacial score (nSPS) is 16.8. The summed E-state index contributed by atoms with van der Waals surface area (Å²) in [7, 11) is 0. The average Bonchev–Trinajstić information content (AvgIpc) is 3.56. The van der Waals surface area contributed by atoms with Crippen LogP contribution in [0.15, 0.2) is 60.7 Å². The van der Waals surface area contributed by atoms with Gasteiger partial charge in [0, 0.05) is 43.2 Å². The minimum absolute atomic E-state index is 0.102. The predicted octanol–water partition coefficient (Wildman–Crippen LogP) is 4.98. The Morgan fingerprint density at radius 1 is 0.851 bits per heavy atom. The number of carbonyl (C=O) groups excluding carboxylic acids is 3. The number of piperazine rings is 1. The molecule has 1 atom stereocenters. The Morgan fingerprint density at radius 3 is 2.28 bits per heavy atom. The maximum absolute atomic E-state index is 13.5. The first kappa shape index (κ1) is 31.8. The molecular weight excluding hydrogens is 607 g/mol. The van der Waals surface area contributed by atoms with E-state index < -0.39 is 30.2 Å². The fourth-order valence-electron chi connectivity index (χ4n) is 6.38. The van der Waals surface area contributed by atoms with Crippen molar-refractivity contribution in [2.24, 2.45) is 5.92 Å². The van der Waals surface area contributed by atoms with Gasteiger partial charge in [0.05, 0.1) is 23.8 Å². The molecule has 3 aromatic carbocycles. The van der Waals surface area contributed by atoms with Crippen LogP contribution in [0.4, 0.5) is 15.8 Å². The van der Waals surface area contributed by atoms with E-state index in [1.54, 1.807) is 41.3 Å². The molecule has 11 nitrogen and oxygen atoms in total. The van der Waals surface area contributed by atoms with Gasteiger partial charge in [0.2, 0.25) is 12.7 Å². The molecule has 1 unspecified atom stereocenters. The summed E-state index contributed by atoms with van der Waals surface area (Å²) in [5.74, 6) is -1.30. The Balaban J connectivity index is 1.20. The molecule has 3 aliphatic rings. The van der Waals surface area contributed by atoms with Crippen molar-refractivity contribution >= 4 is 35.1 Å². The molecule has 0 bridgehead atoms. The van der Waals surface area contributed by atoms with Gasteiger partial charge in [-0.25, -0.2) is 4.39 Å². The number of carbonyl (C=O) groups is 4. The van der Waals surface area contributed by atoms with Gasteiger partial charge in [-0.05, 0) is 66.9 Å². The first-order valence-corrected chi connectivity index (χ1v) is 15.9. The molecule has 0 spiro atoms. The molecule has 6 rings (SSSR count). The van der Waals surface area contributed by atoms with Gasteiger partial charge in [-0.15, -0.1) is 0 Å². The Morgan fingerprint density at radius 2 is 1.55 bits per heavy atom. The molecule has 0 radical (unpaired) electrons. The van der Waals surface area contributed by atoms with E-state index in [9.17, 15) is 28.7 Å². The lowest BCUT2D eigenvalue weighted by molar-refractivity contribution is -0.137. The second-order valence-corrected chi connectivity index (χ2v) is 12.1. The van der Waals surface area contributed by atoms with Crippen LogP contribution in [0.25, 0.3) is 0 Å². The lowest BCUT2D eigenvalue weighted by atomic mass is 9.88. The smallest absolute Gasteiger partial charge is 0.305 e. The summed E-state index contributed by atoms with van der Waals surface area (Å²) < 4.78 is 24.3. The van der Waals surface area contributed by atoms with Gasteiger partial charge in [0.1, 0.15) is 5.82 Å². The fraction of sp³-hybridized carbons (Fsp3) is 0.371. The van der Waals surface area contributed by atoms with Crippen LogP contribution in [-0.4, -0.2) is 66.7 Å². The van der Waals surface area contributed by atoms with Crippen LogP contribution < -0.4 is 25.0 Å². The van der Waals surface area contributed by atoms with E-state index in [1.165, 1.54) is 24.3 Å². The van der Waals surface area contributed by atoms with Gasteiger partial charge < -0.3 is 35.0 Å². The highest BCUT2D eigenvalue weighted by molar-refractivity contribution is 6.01. The number of halogens is 1. The number of benzene rings is 3. The fourth-order valence-corrected chi connectivity index (χ4v) is 6.38. The third-order valence-corrected chi connectivity index (χ3v) is 8.98. The summed E-state index contributed by atoms with van der Waals surface area (Å²) in [5, 5.41) is 15.3. The number of amides is 3. The number of hydrogen-bond acceptors (Lipinski definition) is 7. The molecule has 2 heterocycles.